The zero-order valence-corrected chi connectivity index (χ0v) is 20.4. The van der Waals surface area contributed by atoms with Gasteiger partial charge in [0.1, 0.15) is 6.17 Å². The lowest BCUT2D eigenvalue weighted by Gasteiger charge is -2.38. The van der Waals surface area contributed by atoms with E-state index >= 15 is 0 Å². The fourth-order valence-electron chi connectivity index (χ4n) is 4.55. The molecule has 2 aliphatic heterocycles. The van der Waals surface area contributed by atoms with Crippen molar-refractivity contribution in [3.8, 4) is 0 Å². The number of ether oxygens (including phenoxy) is 1. The first kappa shape index (κ1) is 28.1. The standard InChI is InChI=1S/C22H25F3N6O5.ClH/c1-11-10-30(20(33)28-11)19-27-9-15(36-21(34)35)17(26)31(19)16-13(7-4-8-14(16)22(23,24)25)18(32)29-12-5-2-3-6-12;/h4,7-9,11-12,17H,2-3,5-6,10,26H2,1H3,(H,28,33)(H,29,32)(H,34,35);1H. The maximum atomic E-state index is 14.3. The average molecular weight is 547 g/mol. The highest BCUT2D eigenvalue weighted by atomic mass is 35.5. The minimum absolute atomic E-state index is 0. The van der Waals surface area contributed by atoms with Crippen LogP contribution in [0.25, 0.3) is 0 Å². The van der Waals surface area contributed by atoms with Crippen LogP contribution < -0.4 is 21.3 Å². The van der Waals surface area contributed by atoms with E-state index in [0.29, 0.717) is 12.8 Å². The number of hydrogen-bond acceptors (Lipinski definition) is 7. The van der Waals surface area contributed by atoms with E-state index < -0.39 is 47.4 Å². The van der Waals surface area contributed by atoms with Crippen molar-refractivity contribution in [1.29, 1.82) is 0 Å². The van der Waals surface area contributed by atoms with E-state index in [1.165, 1.54) is 6.07 Å². The quantitative estimate of drug-likeness (QED) is 0.423. The second-order valence-corrected chi connectivity index (χ2v) is 8.76. The predicted molar refractivity (Wildman–Crippen MR) is 128 cm³/mol. The van der Waals surface area contributed by atoms with E-state index in [1.54, 1.807) is 6.92 Å². The summed E-state index contributed by atoms with van der Waals surface area (Å²) in [4.78, 5) is 42.9. The van der Waals surface area contributed by atoms with Crippen molar-refractivity contribution >= 4 is 42.1 Å². The van der Waals surface area contributed by atoms with Gasteiger partial charge in [0.25, 0.3) is 5.91 Å². The zero-order valence-electron chi connectivity index (χ0n) is 19.6. The van der Waals surface area contributed by atoms with Gasteiger partial charge in [0.05, 0.1) is 29.6 Å². The van der Waals surface area contributed by atoms with Crippen molar-refractivity contribution in [2.75, 3.05) is 11.4 Å². The molecule has 5 N–H and O–H groups in total. The molecule has 2 heterocycles. The first-order chi connectivity index (χ1) is 17.0. The molecule has 2 atom stereocenters. The van der Waals surface area contributed by atoms with Crippen LogP contribution in [0.5, 0.6) is 0 Å². The number of rotatable bonds is 4. The number of alkyl halides is 3. The number of halogens is 4. The van der Waals surface area contributed by atoms with Crippen LogP contribution in [0.2, 0.25) is 0 Å². The Morgan fingerprint density at radius 2 is 1.95 bits per heavy atom. The number of hydrogen-bond donors (Lipinski definition) is 4. The normalized spacial score (nSPS) is 22.1. The van der Waals surface area contributed by atoms with Gasteiger partial charge >= 0.3 is 18.4 Å². The van der Waals surface area contributed by atoms with Crippen molar-refractivity contribution in [2.45, 2.75) is 57.0 Å². The van der Waals surface area contributed by atoms with Gasteiger partial charge in [-0.1, -0.05) is 18.9 Å². The highest BCUT2D eigenvalue weighted by Gasteiger charge is 2.44. The molecule has 0 spiro atoms. The summed E-state index contributed by atoms with van der Waals surface area (Å²) in [5, 5.41) is 14.5. The average Bonchev–Trinajstić information content (AvgIpc) is 3.42. The number of nitrogens with two attached hydrogens (primary N) is 1. The van der Waals surface area contributed by atoms with E-state index in [0.717, 1.165) is 41.0 Å². The Balaban J connectivity index is 0.00000380. The van der Waals surface area contributed by atoms with Crippen LogP contribution in [0.3, 0.4) is 0 Å². The maximum absolute atomic E-state index is 14.3. The Morgan fingerprint density at radius 1 is 1.27 bits per heavy atom. The Labute approximate surface area is 215 Å². The highest BCUT2D eigenvalue weighted by molar-refractivity contribution is 6.12. The molecule has 1 aromatic carbocycles. The summed E-state index contributed by atoms with van der Waals surface area (Å²) in [5.74, 6) is -1.56. The van der Waals surface area contributed by atoms with Crippen molar-refractivity contribution in [3.63, 3.8) is 0 Å². The molecule has 1 aliphatic carbocycles. The molecule has 1 saturated carbocycles. The molecule has 3 amide bonds. The lowest BCUT2D eigenvalue weighted by atomic mass is 10.0. The van der Waals surface area contributed by atoms with Gasteiger partial charge in [-0.15, -0.1) is 12.4 Å². The van der Waals surface area contributed by atoms with E-state index in [9.17, 15) is 27.6 Å². The number of para-hydroxylation sites is 1. The van der Waals surface area contributed by atoms with Crippen molar-refractivity contribution in [2.24, 2.45) is 10.7 Å². The molecule has 37 heavy (non-hydrogen) atoms. The van der Waals surface area contributed by atoms with Gasteiger partial charge < -0.3 is 26.2 Å². The van der Waals surface area contributed by atoms with Gasteiger partial charge in [0.2, 0.25) is 5.96 Å². The van der Waals surface area contributed by atoms with Crippen LogP contribution in [-0.2, 0) is 10.9 Å². The zero-order chi connectivity index (χ0) is 26.2. The Hall–Kier alpha value is -3.52. The molecule has 2 unspecified atom stereocenters. The molecule has 0 aromatic heterocycles. The fourth-order valence-corrected chi connectivity index (χ4v) is 4.55. The maximum Gasteiger partial charge on any atom is 0.511 e. The second kappa shape index (κ2) is 10.8. The molecule has 2 fully saturated rings. The van der Waals surface area contributed by atoms with E-state index in [4.69, 9.17) is 10.8 Å². The number of nitrogens with zero attached hydrogens (tertiary/aromatic N) is 3. The molecule has 1 aromatic rings. The SMILES string of the molecule is CC1CN(C2=NC=C(OC(=O)O)C(N)N2c2c(C(=O)NC3CCCC3)cccc2C(F)(F)F)C(=O)N1.Cl. The number of carboxylic acid groups (broad SMARTS) is 1. The number of aliphatic imine (C=N–C) groups is 1. The summed E-state index contributed by atoms with van der Waals surface area (Å²) in [6.07, 6.45) is -4.25. The topological polar surface area (TPSA) is 150 Å². The lowest BCUT2D eigenvalue weighted by Crippen LogP contribution is -2.57. The molecule has 11 nitrogen and oxygen atoms in total. The number of guanidine groups is 1. The second-order valence-electron chi connectivity index (χ2n) is 8.76. The molecule has 0 bridgehead atoms. The summed E-state index contributed by atoms with van der Waals surface area (Å²) in [7, 11) is 0. The van der Waals surface area contributed by atoms with Gasteiger partial charge in [-0.3, -0.25) is 14.6 Å². The number of carbonyl (C=O) groups is 3. The third-order valence-electron chi connectivity index (χ3n) is 6.13. The third kappa shape index (κ3) is 5.74. The number of anilines is 1. The van der Waals surface area contributed by atoms with Crippen LogP contribution in [-0.4, -0.2) is 58.9 Å². The number of urea groups is 1. The van der Waals surface area contributed by atoms with Crippen molar-refractivity contribution in [3.05, 3.63) is 41.3 Å². The molecular weight excluding hydrogens is 521 g/mol. The largest absolute Gasteiger partial charge is 0.511 e. The van der Waals surface area contributed by atoms with Gasteiger partial charge in [0, 0.05) is 12.1 Å². The third-order valence-corrected chi connectivity index (χ3v) is 6.13. The lowest BCUT2D eigenvalue weighted by molar-refractivity contribution is -0.137. The van der Waals surface area contributed by atoms with Crippen molar-refractivity contribution in [1.82, 2.24) is 15.5 Å². The summed E-state index contributed by atoms with van der Waals surface area (Å²) in [6.45, 7) is 1.73. The Morgan fingerprint density at radius 3 is 2.51 bits per heavy atom. The minimum Gasteiger partial charge on any atom is -0.449 e. The van der Waals surface area contributed by atoms with Gasteiger partial charge in [-0.2, -0.15) is 13.2 Å². The van der Waals surface area contributed by atoms with Gasteiger partial charge in [-0.25, -0.2) is 14.6 Å². The van der Waals surface area contributed by atoms with Crippen LogP contribution in [0.15, 0.2) is 35.2 Å². The van der Waals surface area contributed by atoms with Crippen LogP contribution in [0.4, 0.5) is 28.4 Å². The van der Waals surface area contributed by atoms with Gasteiger partial charge in [0.15, 0.2) is 5.76 Å². The molecule has 1 saturated heterocycles. The van der Waals surface area contributed by atoms with E-state index in [1.807, 2.05) is 0 Å². The van der Waals surface area contributed by atoms with Crippen molar-refractivity contribution < 1.29 is 37.4 Å². The number of nitrogens with one attached hydrogen (secondary N) is 2. The summed E-state index contributed by atoms with van der Waals surface area (Å²) >= 11 is 0. The Kier molecular flexibility index (Phi) is 8.22. The molecule has 202 valence electrons. The minimum atomic E-state index is -4.93. The number of benzene rings is 1. The molecule has 0 radical (unpaired) electrons. The first-order valence-corrected chi connectivity index (χ1v) is 11.3. The van der Waals surface area contributed by atoms with E-state index in [-0.39, 0.29) is 42.6 Å². The monoisotopic (exact) mass is 546 g/mol. The molecule has 3 aliphatic rings. The fraction of sp³-hybridized carbons (Fsp3) is 0.455. The van der Waals surface area contributed by atoms with Crippen LogP contribution >= 0.6 is 12.4 Å². The van der Waals surface area contributed by atoms with Gasteiger partial charge in [-0.05, 0) is 31.9 Å². The molecule has 15 heteroatoms. The summed E-state index contributed by atoms with van der Waals surface area (Å²) < 4.78 is 47.4. The number of amides is 3. The van der Waals surface area contributed by atoms with E-state index in [2.05, 4.69) is 20.4 Å². The predicted octanol–water partition coefficient (Wildman–Crippen LogP) is 3.21. The summed E-state index contributed by atoms with van der Waals surface area (Å²) in [6, 6.07) is 1.88. The van der Waals surface area contributed by atoms with Crippen LogP contribution in [0.1, 0.15) is 48.5 Å². The summed E-state index contributed by atoms with van der Waals surface area (Å²) in [5.41, 5.74) is 3.98. The molecule has 4 rings (SSSR count). The first-order valence-electron chi connectivity index (χ1n) is 11.3. The van der Waals surface area contributed by atoms with Crippen LogP contribution in [0, 0.1) is 0 Å². The molecular formula is C22H26ClF3N6O5. The smallest absolute Gasteiger partial charge is 0.449 e. The highest BCUT2D eigenvalue weighted by Crippen LogP contribution is 2.41. The number of carbonyl (C=O) groups excluding carboxylic acids is 2. The Bertz CT molecular complexity index is 1140.